The second-order valence-corrected chi connectivity index (χ2v) is 12.7. The van der Waals surface area contributed by atoms with Gasteiger partial charge in [0.15, 0.2) is 5.82 Å². The quantitative estimate of drug-likeness (QED) is 0.201. The summed E-state index contributed by atoms with van der Waals surface area (Å²) in [4.78, 5) is 65.3. The molecule has 14 heteroatoms. The van der Waals surface area contributed by atoms with Crippen LogP contribution in [-0.4, -0.2) is 61.5 Å². The maximum Gasteiger partial charge on any atom is 0.328 e. The number of imide groups is 1. The van der Waals surface area contributed by atoms with Gasteiger partial charge in [-0.1, -0.05) is 11.8 Å². The van der Waals surface area contributed by atoms with Gasteiger partial charge in [0, 0.05) is 54.5 Å². The van der Waals surface area contributed by atoms with E-state index in [1.165, 1.54) is 0 Å². The minimum atomic E-state index is -0.471. The van der Waals surface area contributed by atoms with Crippen LogP contribution in [0.25, 0.3) is 33.4 Å². The van der Waals surface area contributed by atoms with Gasteiger partial charge in [-0.3, -0.25) is 33.8 Å². The van der Waals surface area contributed by atoms with E-state index in [9.17, 15) is 19.2 Å². The highest BCUT2D eigenvalue weighted by atomic mass is 16.5. The molecule has 0 saturated carbocycles. The molecular formula is C38H32N8O6. The van der Waals surface area contributed by atoms with Gasteiger partial charge in [-0.2, -0.15) is 4.98 Å². The number of fused-ring (bicyclic) bond motifs is 3. The summed E-state index contributed by atoms with van der Waals surface area (Å²) >= 11 is 0. The third kappa shape index (κ3) is 5.71. The van der Waals surface area contributed by atoms with Crippen LogP contribution in [0.15, 0.2) is 70.3 Å². The molecule has 0 radical (unpaired) electrons. The number of nitrogens with zero attached hydrogens (tertiary/aromatic N) is 6. The number of anilines is 2. The number of rotatable bonds is 5. The molecule has 2 aliphatic rings. The van der Waals surface area contributed by atoms with E-state index < -0.39 is 5.92 Å². The summed E-state index contributed by atoms with van der Waals surface area (Å²) in [7, 11) is 3.51. The molecule has 1 atom stereocenters. The van der Waals surface area contributed by atoms with Crippen molar-refractivity contribution in [3.63, 3.8) is 0 Å². The zero-order chi connectivity index (χ0) is 36.1. The fourth-order valence-electron chi connectivity index (χ4n) is 6.75. The lowest BCUT2D eigenvalue weighted by Gasteiger charge is -2.30. The lowest BCUT2D eigenvalue weighted by molar-refractivity contribution is -0.134. The molecule has 3 amide bonds. The van der Waals surface area contributed by atoms with Crippen molar-refractivity contribution in [2.24, 2.45) is 14.1 Å². The van der Waals surface area contributed by atoms with Gasteiger partial charge in [-0.25, -0.2) is 9.78 Å². The summed E-state index contributed by atoms with van der Waals surface area (Å²) in [5.41, 5.74) is 6.73. The van der Waals surface area contributed by atoms with Crippen LogP contribution >= 0.6 is 0 Å². The van der Waals surface area contributed by atoms with E-state index in [-0.39, 0.29) is 42.1 Å². The van der Waals surface area contributed by atoms with E-state index in [1.807, 2.05) is 24.3 Å². The third-order valence-electron chi connectivity index (χ3n) is 9.49. The van der Waals surface area contributed by atoms with Crippen LogP contribution in [0.4, 0.5) is 11.4 Å². The maximum absolute atomic E-state index is 13.0. The van der Waals surface area contributed by atoms with Crippen molar-refractivity contribution in [1.29, 1.82) is 0 Å². The molecule has 260 valence electrons. The van der Waals surface area contributed by atoms with Crippen molar-refractivity contribution in [3.8, 4) is 29.1 Å². The second-order valence-electron chi connectivity index (χ2n) is 12.7. The first kappa shape index (κ1) is 32.5. The smallest absolute Gasteiger partial charge is 0.328 e. The normalized spacial score (nSPS) is 15.5. The minimum absolute atomic E-state index is 0.0837. The van der Waals surface area contributed by atoms with Crippen molar-refractivity contribution >= 4 is 51.1 Å². The largest absolute Gasteiger partial charge is 0.474 e. The van der Waals surface area contributed by atoms with Gasteiger partial charge in [0.2, 0.25) is 17.7 Å². The highest BCUT2D eigenvalue weighted by Gasteiger charge is 2.30. The lowest BCUT2D eigenvalue weighted by atomic mass is 9.90. The Bertz CT molecular complexity index is 2590. The number of ether oxygens (including phenoxy) is 1. The van der Waals surface area contributed by atoms with Crippen LogP contribution in [0.3, 0.4) is 0 Å². The van der Waals surface area contributed by atoms with Gasteiger partial charge in [0.05, 0.1) is 42.5 Å². The zero-order valence-corrected chi connectivity index (χ0v) is 28.5. The van der Waals surface area contributed by atoms with Gasteiger partial charge >= 0.3 is 5.69 Å². The number of imidazole rings is 1. The van der Waals surface area contributed by atoms with Gasteiger partial charge in [0.1, 0.15) is 23.6 Å². The summed E-state index contributed by atoms with van der Waals surface area (Å²) in [5, 5.41) is 5.95. The molecule has 6 aromatic rings. The Labute approximate surface area is 296 Å². The van der Waals surface area contributed by atoms with Crippen LogP contribution in [0.1, 0.15) is 45.9 Å². The number of carbonyl (C=O) groups excluding carboxylic acids is 3. The number of amides is 3. The number of hydrogen-bond donors (Lipinski definition) is 2. The first-order valence-electron chi connectivity index (χ1n) is 16.7. The Balaban J connectivity index is 0.946. The number of aryl methyl sites for hydroxylation is 3. The molecule has 1 unspecified atom stereocenters. The van der Waals surface area contributed by atoms with Gasteiger partial charge < -0.3 is 19.4 Å². The average molecular weight is 697 g/mol. The molecule has 2 N–H and O–H groups in total. The molecule has 14 nitrogen and oxygen atoms in total. The molecule has 1 fully saturated rings. The molecule has 2 aliphatic heterocycles. The maximum atomic E-state index is 13.0. The monoisotopic (exact) mass is 696 g/mol. The Kier molecular flexibility index (Phi) is 8.02. The first-order valence-corrected chi connectivity index (χ1v) is 16.7. The standard InChI is InChI=1S/C38H32N8O6/c1-21-15-23(34-41-19-30-37(43-34)51-14-13-46(30)24-7-9-28-29(17-24)45(3)38(50)44(28)2)18-40-33(21)36(49)39-12-4-5-22-6-10-31-26(16-22)27(20-52-31)25-8-11-32(47)42-35(25)48/h6-7,9-10,15-20,25H,8,11-14H2,1-3H3,(H,39,49)(H,42,47,48). The molecule has 52 heavy (non-hydrogen) atoms. The number of nitrogens with one attached hydrogen (secondary N) is 2. The van der Waals surface area contributed by atoms with Crippen molar-refractivity contribution in [3.05, 3.63) is 94.0 Å². The summed E-state index contributed by atoms with van der Waals surface area (Å²) in [5.74, 6) is 5.41. The summed E-state index contributed by atoms with van der Waals surface area (Å²) in [6, 6.07) is 13.1. The first-order chi connectivity index (χ1) is 25.2. The third-order valence-corrected chi connectivity index (χ3v) is 9.49. The van der Waals surface area contributed by atoms with Crippen LogP contribution in [0, 0.1) is 18.8 Å². The van der Waals surface area contributed by atoms with E-state index in [4.69, 9.17) is 9.15 Å². The van der Waals surface area contributed by atoms with Gasteiger partial charge in [0.25, 0.3) is 5.91 Å². The summed E-state index contributed by atoms with van der Waals surface area (Å²) in [6.07, 6.45) is 5.51. The van der Waals surface area contributed by atoms with E-state index in [0.29, 0.717) is 64.8 Å². The molecular weight excluding hydrogens is 664 g/mol. The van der Waals surface area contributed by atoms with E-state index >= 15 is 0 Å². The number of hydrogen-bond acceptors (Lipinski definition) is 10. The molecule has 6 heterocycles. The number of pyridine rings is 1. The highest BCUT2D eigenvalue weighted by molar-refractivity contribution is 6.03. The highest BCUT2D eigenvalue weighted by Crippen LogP contribution is 2.37. The average Bonchev–Trinajstić information content (AvgIpc) is 3.66. The second kappa shape index (κ2) is 12.9. The van der Waals surface area contributed by atoms with Crippen LogP contribution in [0.2, 0.25) is 0 Å². The molecule has 4 aromatic heterocycles. The van der Waals surface area contributed by atoms with Crippen molar-refractivity contribution < 1.29 is 23.5 Å². The number of furan rings is 1. The van der Waals surface area contributed by atoms with E-state index in [1.54, 1.807) is 67.0 Å². The molecule has 8 rings (SSSR count). The Morgan fingerprint density at radius 3 is 2.71 bits per heavy atom. The molecule has 0 aliphatic carbocycles. The molecule has 1 saturated heterocycles. The predicted molar refractivity (Wildman–Crippen MR) is 191 cm³/mol. The van der Waals surface area contributed by atoms with Gasteiger partial charge in [-0.05, 0) is 61.4 Å². The van der Waals surface area contributed by atoms with Crippen molar-refractivity contribution in [1.82, 2.24) is 34.7 Å². The predicted octanol–water partition coefficient (Wildman–Crippen LogP) is 3.62. The van der Waals surface area contributed by atoms with Gasteiger partial charge in [-0.15, -0.1) is 0 Å². The Hall–Kier alpha value is -6.75. The summed E-state index contributed by atoms with van der Waals surface area (Å²) < 4.78 is 14.8. The SMILES string of the molecule is Cc1cc(-c2ncc3c(n2)OCCN3c2ccc3c(c2)n(C)c(=O)n3C)cnc1C(=O)NCC#Cc1ccc2occ(C3CCC(=O)NC3=O)c2c1. The Morgan fingerprint density at radius 1 is 1.04 bits per heavy atom. The van der Waals surface area contributed by atoms with Crippen LogP contribution in [-0.2, 0) is 23.7 Å². The molecule has 0 bridgehead atoms. The van der Waals surface area contributed by atoms with Crippen LogP contribution in [0.5, 0.6) is 5.88 Å². The zero-order valence-electron chi connectivity index (χ0n) is 28.5. The number of benzene rings is 2. The molecule has 2 aromatic carbocycles. The number of carbonyl (C=O) groups is 3. The molecule has 0 spiro atoms. The fraction of sp³-hybridized carbons (Fsp3) is 0.237. The Morgan fingerprint density at radius 2 is 1.88 bits per heavy atom. The fourth-order valence-corrected chi connectivity index (χ4v) is 6.75. The van der Waals surface area contributed by atoms with E-state index in [2.05, 4.69) is 42.3 Å². The van der Waals surface area contributed by atoms with Crippen molar-refractivity contribution in [2.75, 3.05) is 24.6 Å². The van der Waals surface area contributed by atoms with Crippen molar-refractivity contribution in [2.45, 2.75) is 25.7 Å². The van der Waals surface area contributed by atoms with Crippen LogP contribution < -0.4 is 26.0 Å². The van der Waals surface area contributed by atoms with E-state index in [0.717, 1.165) is 22.1 Å². The number of piperidine rings is 1. The minimum Gasteiger partial charge on any atom is -0.474 e. The number of aromatic nitrogens is 5. The lowest BCUT2D eigenvalue weighted by Crippen LogP contribution is -2.39. The topological polar surface area (TPSA) is 166 Å². The summed E-state index contributed by atoms with van der Waals surface area (Å²) in [6.45, 7) is 2.87.